The molecule has 3 nitrogen and oxygen atoms in total. The van der Waals surface area contributed by atoms with Crippen LogP contribution < -0.4 is 5.73 Å². The van der Waals surface area contributed by atoms with Gasteiger partial charge in [-0.1, -0.05) is 12.1 Å². The summed E-state index contributed by atoms with van der Waals surface area (Å²) in [5.41, 5.74) is 9.11. The molecule has 0 aromatic heterocycles. The zero-order valence-electron chi connectivity index (χ0n) is 9.61. The third-order valence-corrected chi connectivity index (χ3v) is 4.30. The maximum absolute atomic E-state index is 11.2. The summed E-state index contributed by atoms with van der Waals surface area (Å²) in [6.07, 6.45) is 0. The number of anilines is 1. The van der Waals surface area contributed by atoms with Gasteiger partial charge in [0.15, 0.2) is 0 Å². The Morgan fingerprint density at radius 2 is 2.06 bits per heavy atom. The first-order valence-electron chi connectivity index (χ1n) is 5.57. The van der Waals surface area contributed by atoms with Crippen LogP contribution in [-0.2, 0) is 17.3 Å². The summed E-state index contributed by atoms with van der Waals surface area (Å²) >= 11 is 0. The molecule has 0 amide bonds. The highest BCUT2D eigenvalue weighted by Gasteiger charge is 2.15. The SMILES string of the molecule is Cc1ccc(CN2CCS(=O)CC2)cc1N. The van der Waals surface area contributed by atoms with Crippen LogP contribution in [-0.4, -0.2) is 33.7 Å². The number of hydrogen-bond acceptors (Lipinski definition) is 3. The summed E-state index contributed by atoms with van der Waals surface area (Å²) in [6, 6.07) is 6.23. The van der Waals surface area contributed by atoms with Crippen LogP contribution in [0, 0.1) is 6.92 Å². The van der Waals surface area contributed by atoms with Crippen molar-refractivity contribution in [1.29, 1.82) is 0 Å². The number of benzene rings is 1. The van der Waals surface area contributed by atoms with Gasteiger partial charge in [-0.25, -0.2) is 0 Å². The number of nitrogen functional groups attached to an aromatic ring is 1. The molecular formula is C12H18N2OS. The summed E-state index contributed by atoms with van der Waals surface area (Å²) in [6.45, 7) is 4.80. The zero-order valence-corrected chi connectivity index (χ0v) is 10.4. The predicted molar refractivity (Wildman–Crippen MR) is 68.7 cm³/mol. The summed E-state index contributed by atoms with van der Waals surface area (Å²) < 4.78 is 11.2. The molecule has 2 rings (SSSR count). The topological polar surface area (TPSA) is 46.3 Å². The van der Waals surface area contributed by atoms with E-state index in [1.807, 2.05) is 13.0 Å². The molecular weight excluding hydrogens is 220 g/mol. The minimum Gasteiger partial charge on any atom is -0.399 e. The van der Waals surface area contributed by atoms with E-state index >= 15 is 0 Å². The molecule has 1 fully saturated rings. The van der Waals surface area contributed by atoms with E-state index in [9.17, 15) is 4.21 Å². The Kier molecular flexibility index (Phi) is 3.61. The van der Waals surface area contributed by atoms with Gasteiger partial charge in [0, 0.05) is 47.6 Å². The van der Waals surface area contributed by atoms with Gasteiger partial charge in [-0.05, 0) is 24.1 Å². The third-order valence-electron chi connectivity index (χ3n) is 3.02. The Bertz CT molecular complexity index is 396. The highest BCUT2D eigenvalue weighted by molar-refractivity contribution is 7.85. The van der Waals surface area contributed by atoms with Crippen LogP contribution in [0.1, 0.15) is 11.1 Å². The quantitative estimate of drug-likeness (QED) is 0.786. The molecule has 0 radical (unpaired) electrons. The number of nitrogens with zero attached hydrogens (tertiary/aromatic N) is 1. The van der Waals surface area contributed by atoms with Crippen molar-refractivity contribution in [3.05, 3.63) is 29.3 Å². The van der Waals surface area contributed by atoms with Gasteiger partial charge < -0.3 is 5.73 Å². The Hall–Kier alpha value is -0.870. The standard InChI is InChI=1S/C12H18N2OS/c1-10-2-3-11(8-12(10)13)9-14-4-6-16(15)7-5-14/h2-3,8H,4-7,9,13H2,1H3. The Balaban J connectivity index is 1.98. The second-order valence-corrected chi connectivity index (χ2v) is 6.01. The molecule has 1 heterocycles. The molecule has 0 unspecified atom stereocenters. The molecule has 1 aliphatic heterocycles. The number of nitrogens with two attached hydrogens (primary N) is 1. The minimum absolute atomic E-state index is 0.593. The van der Waals surface area contributed by atoms with Gasteiger partial charge in [-0.2, -0.15) is 0 Å². The molecule has 1 aliphatic rings. The predicted octanol–water partition coefficient (Wildman–Crippen LogP) is 1.14. The molecule has 0 spiro atoms. The monoisotopic (exact) mass is 238 g/mol. The van der Waals surface area contributed by atoms with E-state index in [1.165, 1.54) is 5.56 Å². The van der Waals surface area contributed by atoms with Crippen LogP contribution in [0.15, 0.2) is 18.2 Å². The maximum atomic E-state index is 11.2. The first-order chi connectivity index (χ1) is 7.65. The molecule has 0 bridgehead atoms. The van der Waals surface area contributed by atoms with Crippen molar-refractivity contribution in [1.82, 2.24) is 4.90 Å². The van der Waals surface area contributed by atoms with Gasteiger partial charge in [0.25, 0.3) is 0 Å². The highest BCUT2D eigenvalue weighted by Crippen LogP contribution is 2.15. The number of hydrogen-bond donors (Lipinski definition) is 1. The molecule has 0 saturated carbocycles. The molecule has 2 N–H and O–H groups in total. The van der Waals surface area contributed by atoms with E-state index in [0.717, 1.165) is 42.4 Å². The molecule has 1 saturated heterocycles. The smallest absolute Gasteiger partial charge is 0.0363 e. The second kappa shape index (κ2) is 4.97. The lowest BCUT2D eigenvalue weighted by Crippen LogP contribution is -2.37. The fraction of sp³-hybridized carbons (Fsp3) is 0.500. The second-order valence-electron chi connectivity index (χ2n) is 4.32. The number of aryl methyl sites for hydroxylation is 1. The van der Waals surface area contributed by atoms with Crippen LogP contribution in [0.4, 0.5) is 5.69 Å². The summed E-state index contributed by atoms with van der Waals surface area (Å²) in [7, 11) is -0.593. The fourth-order valence-electron chi connectivity index (χ4n) is 1.88. The summed E-state index contributed by atoms with van der Waals surface area (Å²) in [5.74, 6) is 1.61. The number of rotatable bonds is 2. The van der Waals surface area contributed by atoms with Crippen molar-refractivity contribution in [2.24, 2.45) is 0 Å². The van der Waals surface area contributed by atoms with Gasteiger partial charge in [0.1, 0.15) is 0 Å². The molecule has 88 valence electrons. The highest BCUT2D eigenvalue weighted by atomic mass is 32.2. The summed E-state index contributed by atoms with van der Waals surface area (Å²) in [5, 5.41) is 0. The molecule has 4 heteroatoms. The summed E-state index contributed by atoms with van der Waals surface area (Å²) in [4.78, 5) is 2.34. The van der Waals surface area contributed by atoms with E-state index in [-0.39, 0.29) is 0 Å². The van der Waals surface area contributed by atoms with E-state index in [0.29, 0.717) is 0 Å². The van der Waals surface area contributed by atoms with Crippen molar-refractivity contribution in [2.45, 2.75) is 13.5 Å². The first kappa shape index (κ1) is 11.6. The van der Waals surface area contributed by atoms with Gasteiger partial charge >= 0.3 is 0 Å². The average molecular weight is 238 g/mol. The van der Waals surface area contributed by atoms with Gasteiger partial charge in [0.05, 0.1) is 0 Å². The molecule has 16 heavy (non-hydrogen) atoms. The Labute approximate surface area is 99.1 Å². The zero-order chi connectivity index (χ0) is 11.5. The lowest BCUT2D eigenvalue weighted by atomic mass is 10.1. The van der Waals surface area contributed by atoms with Gasteiger partial charge in [-0.3, -0.25) is 9.11 Å². The lowest BCUT2D eigenvalue weighted by Gasteiger charge is -2.26. The van der Waals surface area contributed by atoms with Crippen LogP contribution in [0.2, 0.25) is 0 Å². The van der Waals surface area contributed by atoms with Gasteiger partial charge in [-0.15, -0.1) is 0 Å². The van der Waals surface area contributed by atoms with Crippen molar-refractivity contribution in [3.8, 4) is 0 Å². The van der Waals surface area contributed by atoms with Crippen LogP contribution >= 0.6 is 0 Å². The fourth-order valence-corrected chi connectivity index (χ4v) is 3.01. The molecule has 0 atom stereocenters. The molecule has 0 aliphatic carbocycles. The van der Waals surface area contributed by atoms with Crippen molar-refractivity contribution < 1.29 is 4.21 Å². The van der Waals surface area contributed by atoms with Crippen LogP contribution in [0.25, 0.3) is 0 Å². The largest absolute Gasteiger partial charge is 0.399 e. The molecule has 1 aromatic carbocycles. The van der Waals surface area contributed by atoms with Crippen molar-refractivity contribution >= 4 is 16.5 Å². The maximum Gasteiger partial charge on any atom is 0.0363 e. The van der Waals surface area contributed by atoms with Crippen LogP contribution in [0.5, 0.6) is 0 Å². The Morgan fingerprint density at radius 3 is 2.69 bits per heavy atom. The van der Waals surface area contributed by atoms with Gasteiger partial charge in [0.2, 0.25) is 0 Å². The lowest BCUT2D eigenvalue weighted by molar-refractivity contribution is 0.291. The Morgan fingerprint density at radius 1 is 1.38 bits per heavy atom. The van der Waals surface area contributed by atoms with Crippen molar-refractivity contribution in [3.63, 3.8) is 0 Å². The first-order valence-corrected chi connectivity index (χ1v) is 7.06. The van der Waals surface area contributed by atoms with Crippen LogP contribution in [0.3, 0.4) is 0 Å². The minimum atomic E-state index is -0.593. The third kappa shape index (κ3) is 2.83. The molecule has 1 aromatic rings. The van der Waals surface area contributed by atoms with E-state index in [2.05, 4.69) is 17.0 Å². The van der Waals surface area contributed by atoms with E-state index < -0.39 is 10.8 Å². The van der Waals surface area contributed by atoms with E-state index in [1.54, 1.807) is 0 Å². The normalized spacial score (nSPS) is 18.8. The van der Waals surface area contributed by atoms with Crippen molar-refractivity contribution in [2.75, 3.05) is 30.3 Å². The average Bonchev–Trinajstić information content (AvgIpc) is 2.27. The van der Waals surface area contributed by atoms with E-state index in [4.69, 9.17) is 5.73 Å².